The molecule has 0 radical (unpaired) electrons. The molecule has 5 nitrogen and oxygen atoms in total. The van der Waals surface area contributed by atoms with Crippen LogP contribution in [0.1, 0.15) is 57.1 Å². The number of benzene rings is 1. The third-order valence-corrected chi connectivity index (χ3v) is 5.72. The molecule has 1 aliphatic heterocycles. The molecule has 1 saturated carbocycles. The zero-order valence-electron chi connectivity index (χ0n) is 17.3. The van der Waals surface area contributed by atoms with E-state index in [0.29, 0.717) is 12.8 Å². The molecule has 1 aromatic rings. The van der Waals surface area contributed by atoms with E-state index in [4.69, 9.17) is 14.3 Å². The summed E-state index contributed by atoms with van der Waals surface area (Å²) in [6, 6.07) is 6.38. The van der Waals surface area contributed by atoms with Crippen LogP contribution in [0, 0.1) is 23.7 Å². The van der Waals surface area contributed by atoms with Crippen LogP contribution in [0.5, 0.6) is 5.75 Å². The molecule has 1 aliphatic carbocycles. The number of hydrogen-bond donors (Lipinski definition) is 2. The fraction of sp³-hybridized carbons (Fsp3) is 0.542. The second kappa shape index (κ2) is 11.0. The van der Waals surface area contributed by atoms with E-state index < -0.39 is 12.2 Å². The average molecular weight is 398 g/mol. The highest BCUT2D eigenvalue weighted by Gasteiger charge is 2.48. The minimum atomic E-state index is -0.546. The Morgan fingerprint density at radius 2 is 2.07 bits per heavy atom. The Bertz CT molecular complexity index is 797. The molecule has 29 heavy (non-hydrogen) atoms. The standard InChI is InChI=1S/C23H30O3.CO2/c1-4-6-9-15(3)19(24)13-12-17-20(25)14-21-22(17)18-11-7-10-16(8-5-2)23(18)26-21;2-1-3/h7,10-13,15,17,19-22,24-25H,5,8-9,14H2,1-3H3;/b13-12+;/t15-,17-,19+,20+,21-,22-;/m1./s1. The summed E-state index contributed by atoms with van der Waals surface area (Å²) < 4.78 is 6.25. The van der Waals surface area contributed by atoms with Gasteiger partial charge in [-0.2, -0.15) is 9.59 Å². The molecule has 0 saturated heterocycles. The zero-order valence-corrected chi connectivity index (χ0v) is 17.3. The third-order valence-electron chi connectivity index (χ3n) is 5.72. The van der Waals surface area contributed by atoms with Gasteiger partial charge in [0, 0.05) is 30.2 Å². The van der Waals surface area contributed by atoms with Crippen molar-refractivity contribution in [1.82, 2.24) is 0 Å². The van der Waals surface area contributed by atoms with Crippen LogP contribution < -0.4 is 4.74 Å². The van der Waals surface area contributed by atoms with Crippen molar-refractivity contribution in [3.8, 4) is 17.6 Å². The lowest BCUT2D eigenvalue weighted by atomic mass is 9.86. The Balaban J connectivity index is 0.000000941. The Morgan fingerprint density at radius 3 is 2.72 bits per heavy atom. The van der Waals surface area contributed by atoms with Gasteiger partial charge in [0.1, 0.15) is 11.9 Å². The number of ether oxygens (including phenoxy) is 1. The molecule has 0 spiro atoms. The van der Waals surface area contributed by atoms with Gasteiger partial charge in [-0.25, -0.2) is 0 Å². The summed E-state index contributed by atoms with van der Waals surface area (Å²) in [5, 5.41) is 20.9. The molecule has 0 bridgehead atoms. The molecule has 0 amide bonds. The van der Waals surface area contributed by atoms with E-state index >= 15 is 0 Å². The highest BCUT2D eigenvalue weighted by Crippen LogP contribution is 2.52. The lowest BCUT2D eigenvalue weighted by molar-refractivity contribution is -0.191. The number of rotatable bonds is 6. The summed E-state index contributed by atoms with van der Waals surface area (Å²) in [6.07, 6.45) is 6.57. The zero-order chi connectivity index (χ0) is 21.4. The van der Waals surface area contributed by atoms with E-state index in [1.165, 1.54) is 11.1 Å². The number of para-hydroxylation sites is 1. The van der Waals surface area contributed by atoms with E-state index in [-0.39, 0.29) is 30.0 Å². The maximum Gasteiger partial charge on any atom is 0.373 e. The SMILES string of the molecule is CC#CC[C@@H](C)[C@@H](O)/C=C/[C@H]1[C@@H]2c3cccc(CCC)c3O[C@@H]2C[C@@H]1O.O=C=O. The van der Waals surface area contributed by atoms with E-state index in [1.54, 1.807) is 0 Å². The molecule has 6 atom stereocenters. The van der Waals surface area contributed by atoms with Crippen molar-refractivity contribution in [2.75, 3.05) is 0 Å². The lowest BCUT2D eigenvalue weighted by Crippen LogP contribution is -2.19. The maximum absolute atomic E-state index is 10.6. The van der Waals surface area contributed by atoms with Gasteiger partial charge in [-0.15, -0.1) is 11.8 Å². The van der Waals surface area contributed by atoms with Gasteiger partial charge in [0.25, 0.3) is 0 Å². The third kappa shape index (κ3) is 5.36. The molecule has 1 heterocycles. The fourth-order valence-electron chi connectivity index (χ4n) is 4.25. The molecular formula is C24H30O5. The predicted molar refractivity (Wildman–Crippen MR) is 109 cm³/mol. The van der Waals surface area contributed by atoms with Gasteiger partial charge >= 0.3 is 6.15 Å². The Hall–Kier alpha value is -2.38. The van der Waals surface area contributed by atoms with Crippen LogP contribution in [-0.4, -0.2) is 34.7 Å². The van der Waals surface area contributed by atoms with Crippen molar-refractivity contribution in [3.63, 3.8) is 0 Å². The highest BCUT2D eigenvalue weighted by molar-refractivity contribution is 5.49. The molecule has 156 valence electrons. The van der Waals surface area contributed by atoms with Crippen LogP contribution in [-0.2, 0) is 16.0 Å². The van der Waals surface area contributed by atoms with Crippen molar-refractivity contribution in [2.24, 2.45) is 11.8 Å². The molecule has 3 rings (SSSR count). The van der Waals surface area contributed by atoms with Crippen LogP contribution in [0.25, 0.3) is 0 Å². The molecular weight excluding hydrogens is 368 g/mol. The predicted octanol–water partition coefficient (Wildman–Crippen LogP) is 3.25. The molecule has 0 aromatic heterocycles. The fourth-order valence-corrected chi connectivity index (χ4v) is 4.25. The molecule has 2 N–H and O–H groups in total. The molecule has 5 heteroatoms. The van der Waals surface area contributed by atoms with Gasteiger partial charge in [-0.1, -0.05) is 50.6 Å². The summed E-state index contributed by atoms with van der Waals surface area (Å²) in [4.78, 5) is 16.2. The number of fused-ring (bicyclic) bond motifs is 3. The van der Waals surface area contributed by atoms with Gasteiger partial charge < -0.3 is 14.9 Å². The van der Waals surface area contributed by atoms with E-state index in [9.17, 15) is 10.2 Å². The first kappa shape index (κ1) is 22.9. The monoisotopic (exact) mass is 398 g/mol. The summed E-state index contributed by atoms with van der Waals surface area (Å²) in [7, 11) is 0. The lowest BCUT2D eigenvalue weighted by Gasteiger charge is -2.19. The van der Waals surface area contributed by atoms with Gasteiger partial charge in [0.05, 0.1) is 12.2 Å². The molecule has 1 aromatic carbocycles. The number of aryl methyl sites for hydroxylation is 1. The highest BCUT2D eigenvalue weighted by atomic mass is 16.5. The Labute approximate surface area is 172 Å². The molecule has 2 aliphatic rings. The smallest absolute Gasteiger partial charge is 0.373 e. The number of aliphatic hydroxyl groups is 2. The van der Waals surface area contributed by atoms with Crippen molar-refractivity contribution < 1.29 is 24.5 Å². The second-order valence-electron chi connectivity index (χ2n) is 7.71. The molecule has 0 unspecified atom stereocenters. The van der Waals surface area contributed by atoms with Crippen molar-refractivity contribution in [1.29, 1.82) is 0 Å². The first-order valence-corrected chi connectivity index (χ1v) is 10.2. The number of aliphatic hydroxyl groups excluding tert-OH is 2. The minimum absolute atomic E-state index is 0.0164. The Kier molecular flexibility index (Phi) is 8.67. The average Bonchev–Trinajstić information content (AvgIpc) is 3.20. The van der Waals surface area contributed by atoms with Crippen LogP contribution in [0.2, 0.25) is 0 Å². The van der Waals surface area contributed by atoms with E-state index in [1.807, 2.05) is 26.0 Å². The number of hydrogen-bond acceptors (Lipinski definition) is 5. The van der Waals surface area contributed by atoms with Crippen LogP contribution in [0.15, 0.2) is 30.4 Å². The second-order valence-corrected chi connectivity index (χ2v) is 7.71. The molecule has 1 fully saturated rings. The summed E-state index contributed by atoms with van der Waals surface area (Å²) in [6.45, 7) is 5.99. The van der Waals surface area contributed by atoms with Crippen molar-refractivity contribution in [2.45, 2.75) is 70.7 Å². The van der Waals surface area contributed by atoms with Gasteiger partial charge in [-0.3, -0.25) is 0 Å². The van der Waals surface area contributed by atoms with Crippen LogP contribution in [0.3, 0.4) is 0 Å². The topological polar surface area (TPSA) is 83.8 Å². The summed E-state index contributed by atoms with van der Waals surface area (Å²) in [5.41, 5.74) is 2.48. The van der Waals surface area contributed by atoms with Crippen LogP contribution >= 0.6 is 0 Å². The first-order valence-electron chi connectivity index (χ1n) is 10.2. The largest absolute Gasteiger partial charge is 0.489 e. The maximum atomic E-state index is 10.6. The van der Waals surface area contributed by atoms with Crippen molar-refractivity contribution in [3.05, 3.63) is 41.5 Å². The summed E-state index contributed by atoms with van der Waals surface area (Å²) >= 11 is 0. The van der Waals surface area contributed by atoms with Gasteiger partial charge in [0.15, 0.2) is 0 Å². The quantitative estimate of drug-likeness (QED) is 0.568. The normalized spacial score (nSPS) is 26.1. The van der Waals surface area contributed by atoms with E-state index in [2.05, 4.69) is 37.0 Å². The van der Waals surface area contributed by atoms with E-state index in [0.717, 1.165) is 18.6 Å². The van der Waals surface area contributed by atoms with Crippen molar-refractivity contribution >= 4 is 6.15 Å². The summed E-state index contributed by atoms with van der Waals surface area (Å²) in [5.74, 6) is 7.16. The number of carbonyl (C=O) groups excluding carboxylic acids is 2. The van der Waals surface area contributed by atoms with Gasteiger partial charge in [-0.05, 0) is 24.8 Å². The minimum Gasteiger partial charge on any atom is -0.489 e. The Morgan fingerprint density at radius 1 is 1.34 bits per heavy atom. The van der Waals surface area contributed by atoms with Crippen LogP contribution in [0.4, 0.5) is 0 Å². The first-order chi connectivity index (χ1) is 14.0. The van der Waals surface area contributed by atoms with Gasteiger partial charge in [0.2, 0.25) is 0 Å².